The van der Waals surface area contributed by atoms with Crippen LogP contribution in [-0.4, -0.2) is 0 Å². The van der Waals surface area contributed by atoms with Crippen molar-refractivity contribution in [3.05, 3.63) is 59.9 Å². The van der Waals surface area contributed by atoms with Crippen molar-refractivity contribution in [3.8, 4) is 0 Å². The van der Waals surface area contributed by atoms with E-state index in [9.17, 15) is 0 Å². The number of hydrogen-bond donors (Lipinski definition) is 1. The summed E-state index contributed by atoms with van der Waals surface area (Å²) >= 11 is 0. The van der Waals surface area contributed by atoms with Gasteiger partial charge >= 0.3 is 0 Å². The largest absolute Gasteiger partial charge is 0.402 e. The van der Waals surface area contributed by atoms with Crippen LogP contribution >= 0.6 is 0 Å². The third-order valence-corrected chi connectivity index (χ3v) is 2.10. The van der Waals surface area contributed by atoms with E-state index in [0.29, 0.717) is 5.92 Å². The predicted octanol–water partition coefficient (Wildman–Crippen LogP) is 4.12. The fourth-order valence-electron chi connectivity index (χ4n) is 1.17. The summed E-state index contributed by atoms with van der Waals surface area (Å²) in [4.78, 5) is 0. The molecule has 0 bridgehead atoms. The third-order valence-electron chi connectivity index (χ3n) is 2.10. The standard InChI is InChI=1S/C15H23N/c1-5-7-8-10-13(3)11-12-15(9-6-2)14(4)16/h5-13H,16H2,1-4H3/b7-5-,9-6-,10-8+,12-11-,15-14-. The van der Waals surface area contributed by atoms with Crippen LogP contribution in [0.25, 0.3) is 0 Å². The molecule has 88 valence electrons. The minimum atomic E-state index is 0.413. The van der Waals surface area contributed by atoms with Crippen LogP contribution in [0.5, 0.6) is 0 Å². The van der Waals surface area contributed by atoms with E-state index in [1.54, 1.807) is 0 Å². The minimum Gasteiger partial charge on any atom is -0.402 e. The van der Waals surface area contributed by atoms with Crippen molar-refractivity contribution in [1.82, 2.24) is 0 Å². The van der Waals surface area contributed by atoms with Gasteiger partial charge in [0.25, 0.3) is 0 Å². The summed E-state index contributed by atoms with van der Waals surface area (Å²) in [5, 5.41) is 0. The minimum absolute atomic E-state index is 0.413. The van der Waals surface area contributed by atoms with Crippen LogP contribution in [0.3, 0.4) is 0 Å². The van der Waals surface area contributed by atoms with Gasteiger partial charge < -0.3 is 5.73 Å². The summed E-state index contributed by atoms with van der Waals surface area (Å²) < 4.78 is 0. The average molecular weight is 217 g/mol. The maximum absolute atomic E-state index is 5.78. The van der Waals surface area contributed by atoms with E-state index in [1.165, 1.54) is 0 Å². The van der Waals surface area contributed by atoms with Crippen LogP contribution in [0.1, 0.15) is 27.7 Å². The highest BCUT2D eigenvalue weighted by Gasteiger charge is 1.92. The van der Waals surface area contributed by atoms with Crippen molar-refractivity contribution in [2.75, 3.05) is 0 Å². The van der Waals surface area contributed by atoms with Gasteiger partial charge in [0.05, 0.1) is 0 Å². The zero-order valence-corrected chi connectivity index (χ0v) is 10.8. The summed E-state index contributed by atoms with van der Waals surface area (Å²) in [6.07, 6.45) is 16.5. The molecule has 0 aliphatic heterocycles. The Bertz CT molecular complexity index is 323. The predicted molar refractivity (Wildman–Crippen MR) is 74.0 cm³/mol. The molecule has 16 heavy (non-hydrogen) atoms. The summed E-state index contributed by atoms with van der Waals surface area (Å²) in [6, 6.07) is 0. The zero-order chi connectivity index (χ0) is 12.4. The van der Waals surface area contributed by atoms with Crippen molar-refractivity contribution in [2.24, 2.45) is 11.7 Å². The molecule has 0 aromatic rings. The van der Waals surface area contributed by atoms with Crippen LogP contribution in [0, 0.1) is 5.92 Å². The van der Waals surface area contributed by atoms with Gasteiger partial charge in [0.15, 0.2) is 0 Å². The Morgan fingerprint density at radius 3 is 2.19 bits per heavy atom. The summed E-state index contributed by atoms with van der Waals surface area (Å²) in [7, 11) is 0. The molecule has 1 heteroatoms. The van der Waals surface area contributed by atoms with Crippen molar-refractivity contribution < 1.29 is 0 Å². The molecule has 1 atom stereocenters. The second kappa shape index (κ2) is 8.78. The van der Waals surface area contributed by atoms with Crippen molar-refractivity contribution in [2.45, 2.75) is 27.7 Å². The lowest BCUT2D eigenvalue weighted by Crippen LogP contribution is -1.95. The summed E-state index contributed by atoms with van der Waals surface area (Å²) in [5.74, 6) is 0.413. The van der Waals surface area contributed by atoms with Crippen LogP contribution in [-0.2, 0) is 0 Å². The van der Waals surface area contributed by atoms with E-state index in [2.05, 4.69) is 31.2 Å². The van der Waals surface area contributed by atoms with Gasteiger partial charge in [-0.05, 0) is 32.3 Å². The van der Waals surface area contributed by atoms with E-state index >= 15 is 0 Å². The first-order valence-corrected chi connectivity index (χ1v) is 5.68. The molecule has 0 fully saturated rings. The molecule has 0 rings (SSSR count). The van der Waals surface area contributed by atoms with E-state index in [1.807, 2.05) is 45.1 Å². The van der Waals surface area contributed by atoms with Crippen molar-refractivity contribution in [1.29, 1.82) is 0 Å². The monoisotopic (exact) mass is 217 g/mol. The molecular weight excluding hydrogens is 194 g/mol. The van der Waals surface area contributed by atoms with Crippen LogP contribution in [0.2, 0.25) is 0 Å². The molecule has 0 aliphatic rings. The highest BCUT2D eigenvalue weighted by molar-refractivity contribution is 5.34. The van der Waals surface area contributed by atoms with E-state index in [-0.39, 0.29) is 0 Å². The highest BCUT2D eigenvalue weighted by atomic mass is 14.6. The molecular formula is C15H23N. The molecule has 2 N–H and O–H groups in total. The lowest BCUT2D eigenvalue weighted by molar-refractivity contribution is 0.938. The second-order valence-corrected chi connectivity index (χ2v) is 3.77. The molecule has 1 unspecified atom stereocenters. The van der Waals surface area contributed by atoms with Gasteiger partial charge in [-0.25, -0.2) is 0 Å². The van der Waals surface area contributed by atoms with Crippen LogP contribution < -0.4 is 5.73 Å². The van der Waals surface area contributed by atoms with Gasteiger partial charge in [0.1, 0.15) is 0 Å². The molecule has 0 amide bonds. The summed E-state index contributed by atoms with van der Waals surface area (Å²) in [5.41, 5.74) is 7.70. The Morgan fingerprint density at radius 2 is 1.69 bits per heavy atom. The van der Waals surface area contributed by atoms with Gasteiger partial charge in [0.2, 0.25) is 0 Å². The molecule has 0 saturated heterocycles. The van der Waals surface area contributed by atoms with Gasteiger partial charge in [-0.2, -0.15) is 0 Å². The quantitative estimate of drug-likeness (QED) is 0.689. The van der Waals surface area contributed by atoms with Crippen molar-refractivity contribution >= 4 is 0 Å². The fraction of sp³-hybridized carbons (Fsp3) is 0.333. The zero-order valence-electron chi connectivity index (χ0n) is 10.8. The van der Waals surface area contributed by atoms with Crippen molar-refractivity contribution in [3.63, 3.8) is 0 Å². The molecule has 1 nitrogen and oxygen atoms in total. The smallest absolute Gasteiger partial charge is 0.0122 e. The molecule has 0 heterocycles. The number of hydrogen-bond acceptors (Lipinski definition) is 1. The Hall–Kier alpha value is -1.50. The first-order valence-electron chi connectivity index (χ1n) is 5.68. The highest BCUT2D eigenvalue weighted by Crippen LogP contribution is 2.07. The summed E-state index contributed by atoms with van der Waals surface area (Å²) in [6.45, 7) is 8.07. The molecule has 0 spiro atoms. The molecule has 0 aromatic heterocycles. The molecule has 0 aliphatic carbocycles. The Morgan fingerprint density at radius 1 is 1.00 bits per heavy atom. The topological polar surface area (TPSA) is 26.0 Å². The average Bonchev–Trinajstić information content (AvgIpc) is 2.24. The SMILES string of the molecule is C/C=C\C=C\C(C)\C=C/C(/C=C\C)=C(/C)N. The van der Waals surface area contributed by atoms with E-state index < -0.39 is 0 Å². The second-order valence-electron chi connectivity index (χ2n) is 3.77. The third kappa shape index (κ3) is 6.88. The van der Waals surface area contributed by atoms with E-state index in [0.717, 1.165) is 11.3 Å². The Balaban J connectivity index is 4.52. The number of allylic oxidation sites excluding steroid dienone is 10. The normalized spacial score (nSPS) is 16.8. The maximum atomic E-state index is 5.78. The van der Waals surface area contributed by atoms with E-state index in [4.69, 9.17) is 5.73 Å². The molecule has 0 saturated carbocycles. The van der Waals surface area contributed by atoms with Gasteiger partial charge in [-0.15, -0.1) is 0 Å². The van der Waals surface area contributed by atoms with Gasteiger partial charge in [-0.1, -0.05) is 55.5 Å². The Kier molecular flexibility index (Phi) is 7.96. The molecule has 0 radical (unpaired) electrons. The maximum Gasteiger partial charge on any atom is 0.0122 e. The van der Waals surface area contributed by atoms with Gasteiger partial charge in [-0.3, -0.25) is 0 Å². The molecule has 0 aromatic carbocycles. The van der Waals surface area contributed by atoms with Crippen LogP contribution in [0.15, 0.2) is 59.9 Å². The lowest BCUT2D eigenvalue weighted by Gasteiger charge is -2.00. The lowest BCUT2D eigenvalue weighted by atomic mass is 10.1. The number of rotatable bonds is 5. The first-order chi connectivity index (χ1) is 7.61. The fourth-order valence-corrected chi connectivity index (χ4v) is 1.17. The number of nitrogens with two attached hydrogens (primary N) is 1. The first kappa shape index (κ1) is 14.5. The Labute approximate surface area is 99.7 Å². The van der Waals surface area contributed by atoms with Gasteiger partial charge in [0, 0.05) is 5.70 Å². The van der Waals surface area contributed by atoms with Crippen LogP contribution in [0.4, 0.5) is 0 Å².